The van der Waals surface area contributed by atoms with E-state index in [2.05, 4.69) is 22.6 Å². The molecule has 1 saturated carbocycles. The summed E-state index contributed by atoms with van der Waals surface area (Å²) in [5.41, 5.74) is 1.28. The van der Waals surface area contributed by atoms with Gasteiger partial charge in [0.15, 0.2) is 5.13 Å². The lowest BCUT2D eigenvalue weighted by atomic mass is 10.3. The van der Waals surface area contributed by atoms with Gasteiger partial charge in [-0.25, -0.2) is 4.98 Å². The van der Waals surface area contributed by atoms with Crippen LogP contribution in [0.4, 0.5) is 5.13 Å². The predicted molar refractivity (Wildman–Crippen MR) is 48.2 cm³/mol. The van der Waals surface area contributed by atoms with Gasteiger partial charge in [0.25, 0.3) is 0 Å². The molecule has 11 heavy (non-hydrogen) atoms. The van der Waals surface area contributed by atoms with Crippen LogP contribution >= 0.6 is 11.3 Å². The van der Waals surface area contributed by atoms with Crippen molar-refractivity contribution in [1.82, 2.24) is 4.98 Å². The van der Waals surface area contributed by atoms with Crippen LogP contribution in [0.25, 0.3) is 0 Å². The summed E-state index contributed by atoms with van der Waals surface area (Å²) in [7, 11) is 1.92. The van der Waals surface area contributed by atoms with Gasteiger partial charge in [-0.3, -0.25) is 0 Å². The smallest absolute Gasteiger partial charge is 0.182 e. The van der Waals surface area contributed by atoms with E-state index in [1.165, 1.54) is 12.1 Å². The molecule has 1 aromatic heterocycles. The van der Waals surface area contributed by atoms with Gasteiger partial charge in [0.2, 0.25) is 0 Å². The van der Waals surface area contributed by atoms with Gasteiger partial charge in [-0.2, -0.15) is 0 Å². The molecule has 0 spiro atoms. The summed E-state index contributed by atoms with van der Waals surface area (Å²) < 4.78 is 0. The normalized spacial score (nSPS) is 28.5. The van der Waals surface area contributed by atoms with Crippen molar-refractivity contribution in [1.29, 1.82) is 0 Å². The summed E-state index contributed by atoms with van der Waals surface area (Å²) in [6, 6.07) is 0. The molecule has 2 atom stereocenters. The Labute approximate surface area is 70.7 Å². The Bertz CT molecular complexity index is 256. The summed E-state index contributed by atoms with van der Waals surface area (Å²) in [6.07, 6.45) is 1.33. The van der Waals surface area contributed by atoms with Crippen LogP contribution in [0.1, 0.15) is 25.0 Å². The molecule has 2 nitrogen and oxygen atoms in total. The third-order valence-corrected chi connectivity index (χ3v) is 3.10. The molecule has 3 heteroatoms. The summed E-state index contributed by atoms with van der Waals surface area (Å²) in [4.78, 5) is 4.45. The van der Waals surface area contributed by atoms with Crippen LogP contribution in [0.5, 0.6) is 0 Å². The van der Waals surface area contributed by atoms with E-state index in [4.69, 9.17) is 0 Å². The molecule has 1 heterocycles. The second-order valence-corrected chi connectivity index (χ2v) is 4.01. The second kappa shape index (κ2) is 2.48. The van der Waals surface area contributed by atoms with Crippen LogP contribution < -0.4 is 5.32 Å². The minimum absolute atomic E-state index is 0.758. The maximum absolute atomic E-state index is 4.45. The van der Waals surface area contributed by atoms with Crippen molar-refractivity contribution in [3.8, 4) is 0 Å². The van der Waals surface area contributed by atoms with E-state index >= 15 is 0 Å². The summed E-state index contributed by atoms with van der Waals surface area (Å²) in [5, 5.41) is 6.26. The highest BCUT2D eigenvalue weighted by Gasteiger charge is 2.35. The fourth-order valence-corrected chi connectivity index (χ4v) is 2.04. The SMILES string of the molecule is CNc1nc(C2CC2C)cs1. The number of hydrogen-bond donors (Lipinski definition) is 1. The Hall–Kier alpha value is -0.570. The lowest BCUT2D eigenvalue weighted by Crippen LogP contribution is -1.87. The monoisotopic (exact) mass is 168 g/mol. The summed E-state index contributed by atoms with van der Waals surface area (Å²) in [5.74, 6) is 1.62. The van der Waals surface area contributed by atoms with E-state index in [0.717, 1.165) is 17.0 Å². The van der Waals surface area contributed by atoms with Gasteiger partial charge in [-0.1, -0.05) is 6.92 Å². The largest absolute Gasteiger partial charge is 0.365 e. The molecule has 0 bridgehead atoms. The highest BCUT2D eigenvalue weighted by Crippen LogP contribution is 2.47. The zero-order chi connectivity index (χ0) is 7.84. The van der Waals surface area contributed by atoms with Crippen LogP contribution in [0.3, 0.4) is 0 Å². The Balaban J connectivity index is 2.13. The van der Waals surface area contributed by atoms with E-state index in [0.29, 0.717) is 0 Å². The number of aromatic nitrogens is 1. The molecule has 2 rings (SSSR count). The molecular weight excluding hydrogens is 156 g/mol. The maximum atomic E-state index is 4.45. The fourth-order valence-electron chi connectivity index (χ4n) is 1.31. The van der Waals surface area contributed by atoms with Crippen molar-refractivity contribution < 1.29 is 0 Å². The van der Waals surface area contributed by atoms with Crippen molar-refractivity contribution in [2.75, 3.05) is 12.4 Å². The van der Waals surface area contributed by atoms with Crippen LogP contribution in [-0.4, -0.2) is 12.0 Å². The molecule has 1 aliphatic rings. The molecule has 1 fully saturated rings. The van der Waals surface area contributed by atoms with Crippen molar-refractivity contribution in [3.05, 3.63) is 11.1 Å². The van der Waals surface area contributed by atoms with Crippen molar-refractivity contribution in [2.24, 2.45) is 5.92 Å². The molecule has 0 aromatic carbocycles. The summed E-state index contributed by atoms with van der Waals surface area (Å²) in [6.45, 7) is 2.28. The highest BCUT2D eigenvalue weighted by atomic mass is 32.1. The zero-order valence-electron chi connectivity index (χ0n) is 6.79. The van der Waals surface area contributed by atoms with Crippen molar-refractivity contribution >= 4 is 16.5 Å². The third kappa shape index (κ3) is 1.25. The Morgan fingerprint density at radius 1 is 1.73 bits per heavy atom. The zero-order valence-corrected chi connectivity index (χ0v) is 7.61. The molecule has 1 N–H and O–H groups in total. The van der Waals surface area contributed by atoms with Crippen molar-refractivity contribution in [3.63, 3.8) is 0 Å². The summed E-state index contributed by atoms with van der Waals surface area (Å²) >= 11 is 1.70. The average molecular weight is 168 g/mol. The number of nitrogens with zero attached hydrogens (tertiary/aromatic N) is 1. The minimum atomic E-state index is 0.758. The van der Waals surface area contributed by atoms with E-state index in [9.17, 15) is 0 Å². The minimum Gasteiger partial charge on any atom is -0.365 e. The Morgan fingerprint density at radius 3 is 2.91 bits per heavy atom. The van der Waals surface area contributed by atoms with E-state index in [1.54, 1.807) is 11.3 Å². The number of rotatable bonds is 2. The number of nitrogens with one attached hydrogen (secondary N) is 1. The first-order valence-corrected chi connectivity index (χ1v) is 4.82. The lowest BCUT2D eigenvalue weighted by Gasteiger charge is -1.89. The topological polar surface area (TPSA) is 24.9 Å². The molecule has 60 valence electrons. The van der Waals surface area contributed by atoms with E-state index < -0.39 is 0 Å². The van der Waals surface area contributed by atoms with Gasteiger partial charge in [-0.15, -0.1) is 11.3 Å². The number of anilines is 1. The van der Waals surface area contributed by atoms with Gasteiger partial charge in [-0.05, 0) is 12.3 Å². The molecule has 0 amide bonds. The van der Waals surface area contributed by atoms with Crippen LogP contribution in [0.15, 0.2) is 5.38 Å². The van der Waals surface area contributed by atoms with Crippen LogP contribution in [-0.2, 0) is 0 Å². The first-order valence-electron chi connectivity index (χ1n) is 3.94. The first kappa shape index (κ1) is 7.10. The Morgan fingerprint density at radius 2 is 2.45 bits per heavy atom. The van der Waals surface area contributed by atoms with Crippen molar-refractivity contribution in [2.45, 2.75) is 19.3 Å². The van der Waals surface area contributed by atoms with Gasteiger partial charge in [0.1, 0.15) is 0 Å². The van der Waals surface area contributed by atoms with Gasteiger partial charge < -0.3 is 5.32 Å². The predicted octanol–water partition coefficient (Wildman–Crippen LogP) is 2.31. The molecule has 0 aliphatic heterocycles. The van der Waals surface area contributed by atoms with Crippen LogP contribution in [0.2, 0.25) is 0 Å². The third-order valence-electron chi connectivity index (χ3n) is 2.23. The molecule has 1 aromatic rings. The second-order valence-electron chi connectivity index (χ2n) is 3.15. The standard InChI is InChI=1S/C8H12N2S/c1-5-3-6(5)7-4-11-8(9-2)10-7/h4-6H,3H2,1-2H3,(H,9,10). The molecule has 0 radical (unpaired) electrons. The first-order chi connectivity index (χ1) is 5.31. The van der Waals surface area contributed by atoms with Gasteiger partial charge in [0.05, 0.1) is 5.69 Å². The molecular formula is C8H12N2S. The molecule has 2 unspecified atom stereocenters. The van der Waals surface area contributed by atoms with E-state index in [-0.39, 0.29) is 0 Å². The van der Waals surface area contributed by atoms with Gasteiger partial charge in [0, 0.05) is 18.3 Å². The van der Waals surface area contributed by atoms with E-state index in [1.807, 2.05) is 7.05 Å². The fraction of sp³-hybridized carbons (Fsp3) is 0.625. The maximum Gasteiger partial charge on any atom is 0.182 e. The average Bonchev–Trinajstić information content (AvgIpc) is 2.59. The Kier molecular flexibility index (Phi) is 1.60. The quantitative estimate of drug-likeness (QED) is 0.733. The van der Waals surface area contributed by atoms with Gasteiger partial charge >= 0.3 is 0 Å². The number of hydrogen-bond acceptors (Lipinski definition) is 3. The molecule has 1 aliphatic carbocycles. The van der Waals surface area contributed by atoms with Crippen LogP contribution in [0, 0.1) is 5.92 Å². The lowest BCUT2D eigenvalue weighted by molar-refractivity contribution is 0.894. The highest BCUT2D eigenvalue weighted by molar-refractivity contribution is 7.13. The number of thiazole rings is 1. The molecule has 0 saturated heterocycles.